The molecule has 0 unspecified atom stereocenters. The summed E-state index contributed by atoms with van der Waals surface area (Å²) < 4.78 is 0. The molecular weight excluding hydrogens is 254 g/mol. The maximum Gasteiger partial charge on any atom is 0.333 e. The number of benzene rings is 1. The van der Waals surface area contributed by atoms with Crippen molar-refractivity contribution >= 4 is 23.5 Å². The van der Waals surface area contributed by atoms with Crippen LogP contribution in [0.3, 0.4) is 0 Å². The molecule has 0 saturated carbocycles. The third-order valence-corrected chi connectivity index (χ3v) is 2.46. The first-order valence-corrected chi connectivity index (χ1v) is 6.11. The van der Waals surface area contributed by atoms with Crippen molar-refractivity contribution in [3.05, 3.63) is 34.9 Å². The van der Waals surface area contributed by atoms with Gasteiger partial charge in [-0.2, -0.15) is 0 Å². The predicted octanol–water partition coefficient (Wildman–Crippen LogP) is 2.08. The van der Waals surface area contributed by atoms with E-state index in [4.69, 9.17) is 11.6 Å². The second kappa shape index (κ2) is 7.55. The fourth-order valence-electron chi connectivity index (χ4n) is 1.21. The van der Waals surface area contributed by atoms with E-state index in [0.29, 0.717) is 17.1 Å². The quantitative estimate of drug-likeness (QED) is 0.579. The smallest absolute Gasteiger partial charge is 0.333 e. The average molecular weight is 270 g/mol. The number of halogens is 1. The lowest BCUT2D eigenvalue weighted by Gasteiger charge is -2.08. The second-order valence-corrected chi connectivity index (χ2v) is 4.13. The van der Waals surface area contributed by atoms with E-state index in [1.807, 2.05) is 6.92 Å². The molecule has 0 saturated heterocycles. The van der Waals surface area contributed by atoms with E-state index in [-0.39, 0.29) is 0 Å². The number of carbonyl (C=O) groups is 2. The first-order valence-electron chi connectivity index (χ1n) is 5.73. The van der Waals surface area contributed by atoms with Gasteiger partial charge in [0, 0.05) is 17.1 Å². The first kappa shape index (κ1) is 14.3. The summed E-state index contributed by atoms with van der Waals surface area (Å²) in [6.45, 7) is 2.61. The predicted molar refractivity (Wildman–Crippen MR) is 70.4 cm³/mol. The molecule has 1 rings (SSSR count). The van der Waals surface area contributed by atoms with Crippen molar-refractivity contribution < 1.29 is 9.59 Å². The van der Waals surface area contributed by atoms with Gasteiger partial charge in [0.25, 0.3) is 5.91 Å². The molecule has 0 radical (unpaired) electrons. The number of unbranched alkanes of at least 4 members (excludes halogenated alkanes) is 1. The number of hydrogen-bond donors (Lipinski definition) is 3. The SMILES string of the molecule is CCCCNC(=O)NNC(=O)c1ccc(Cl)cc1. The van der Waals surface area contributed by atoms with Crippen LogP contribution < -0.4 is 16.2 Å². The van der Waals surface area contributed by atoms with Gasteiger partial charge in [0.2, 0.25) is 0 Å². The number of rotatable bonds is 4. The second-order valence-electron chi connectivity index (χ2n) is 3.70. The molecule has 0 aromatic heterocycles. The van der Waals surface area contributed by atoms with Gasteiger partial charge in [0.15, 0.2) is 0 Å². The highest BCUT2D eigenvalue weighted by molar-refractivity contribution is 6.30. The van der Waals surface area contributed by atoms with Crippen LogP contribution in [0.1, 0.15) is 30.1 Å². The molecule has 0 aliphatic rings. The van der Waals surface area contributed by atoms with Crippen LogP contribution in [0.2, 0.25) is 5.02 Å². The Balaban J connectivity index is 2.32. The molecule has 1 aromatic carbocycles. The Morgan fingerprint density at radius 3 is 2.44 bits per heavy atom. The van der Waals surface area contributed by atoms with Crippen molar-refractivity contribution in [2.75, 3.05) is 6.54 Å². The van der Waals surface area contributed by atoms with Crippen molar-refractivity contribution in [1.29, 1.82) is 0 Å². The Bertz CT molecular complexity index is 406. The van der Waals surface area contributed by atoms with Gasteiger partial charge in [-0.15, -0.1) is 0 Å². The third-order valence-electron chi connectivity index (χ3n) is 2.21. The van der Waals surface area contributed by atoms with E-state index in [0.717, 1.165) is 12.8 Å². The summed E-state index contributed by atoms with van der Waals surface area (Å²) in [7, 11) is 0. The number of hydrazine groups is 1. The fourth-order valence-corrected chi connectivity index (χ4v) is 1.34. The molecule has 1 aromatic rings. The Hall–Kier alpha value is -1.75. The Kier molecular flexibility index (Phi) is 6.00. The highest BCUT2D eigenvalue weighted by Gasteiger charge is 2.06. The molecule has 0 spiro atoms. The standard InChI is InChI=1S/C12H16ClN3O2/c1-2-3-8-14-12(18)16-15-11(17)9-4-6-10(13)7-5-9/h4-7H,2-3,8H2,1H3,(H,15,17)(H2,14,16,18). The molecule has 18 heavy (non-hydrogen) atoms. The Morgan fingerprint density at radius 2 is 1.83 bits per heavy atom. The van der Waals surface area contributed by atoms with Gasteiger partial charge in [-0.1, -0.05) is 24.9 Å². The van der Waals surface area contributed by atoms with E-state index in [1.54, 1.807) is 24.3 Å². The minimum atomic E-state index is -0.425. The molecule has 5 nitrogen and oxygen atoms in total. The Morgan fingerprint density at radius 1 is 1.17 bits per heavy atom. The van der Waals surface area contributed by atoms with Crippen molar-refractivity contribution in [1.82, 2.24) is 16.2 Å². The summed E-state index contributed by atoms with van der Waals surface area (Å²) in [5.41, 5.74) is 5.00. The summed E-state index contributed by atoms with van der Waals surface area (Å²) in [6, 6.07) is 5.95. The van der Waals surface area contributed by atoms with Gasteiger partial charge in [-0.3, -0.25) is 10.2 Å². The molecule has 0 aliphatic heterocycles. The molecule has 0 atom stereocenters. The van der Waals surface area contributed by atoms with E-state index in [2.05, 4.69) is 16.2 Å². The highest BCUT2D eigenvalue weighted by Crippen LogP contribution is 2.08. The van der Waals surface area contributed by atoms with Gasteiger partial charge in [0.1, 0.15) is 0 Å². The highest BCUT2D eigenvalue weighted by atomic mass is 35.5. The van der Waals surface area contributed by atoms with E-state index in [1.165, 1.54) is 0 Å². The van der Waals surface area contributed by atoms with Crippen molar-refractivity contribution in [3.63, 3.8) is 0 Å². The minimum Gasteiger partial charge on any atom is -0.337 e. The van der Waals surface area contributed by atoms with Gasteiger partial charge in [-0.05, 0) is 30.7 Å². The summed E-state index contributed by atoms with van der Waals surface area (Å²) in [5.74, 6) is -0.391. The average Bonchev–Trinajstić information content (AvgIpc) is 2.37. The summed E-state index contributed by atoms with van der Waals surface area (Å²) >= 11 is 5.70. The molecule has 0 bridgehead atoms. The molecule has 0 heterocycles. The van der Waals surface area contributed by atoms with Gasteiger partial charge in [-0.25, -0.2) is 10.2 Å². The molecule has 3 amide bonds. The van der Waals surface area contributed by atoms with Crippen LogP contribution in [0, 0.1) is 0 Å². The third kappa shape index (κ3) is 5.05. The van der Waals surface area contributed by atoms with E-state index in [9.17, 15) is 9.59 Å². The monoisotopic (exact) mass is 269 g/mol. The molecule has 6 heteroatoms. The van der Waals surface area contributed by atoms with Crippen molar-refractivity contribution in [2.24, 2.45) is 0 Å². The normalized spacial score (nSPS) is 9.67. The molecule has 98 valence electrons. The molecular formula is C12H16ClN3O2. The van der Waals surface area contributed by atoms with Crippen molar-refractivity contribution in [3.8, 4) is 0 Å². The van der Waals surface area contributed by atoms with Gasteiger partial charge >= 0.3 is 6.03 Å². The first-order chi connectivity index (χ1) is 8.63. The lowest BCUT2D eigenvalue weighted by atomic mass is 10.2. The molecule has 0 aliphatic carbocycles. The van der Waals surface area contributed by atoms with Crippen LogP contribution in [0.15, 0.2) is 24.3 Å². The number of nitrogens with one attached hydrogen (secondary N) is 3. The summed E-state index contributed by atoms with van der Waals surface area (Å²) in [4.78, 5) is 22.8. The number of hydrogen-bond acceptors (Lipinski definition) is 2. The number of carbonyl (C=O) groups excluding carboxylic acids is 2. The van der Waals surface area contributed by atoms with Crippen LogP contribution in [0.4, 0.5) is 4.79 Å². The van der Waals surface area contributed by atoms with Crippen LogP contribution >= 0.6 is 11.6 Å². The van der Waals surface area contributed by atoms with Gasteiger partial charge in [0.05, 0.1) is 0 Å². The fraction of sp³-hybridized carbons (Fsp3) is 0.333. The summed E-state index contributed by atoms with van der Waals surface area (Å²) in [6.07, 6.45) is 1.90. The van der Waals surface area contributed by atoms with E-state index >= 15 is 0 Å². The lowest BCUT2D eigenvalue weighted by Crippen LogP contribution is -2.47. The zero-order chi connectivity index (χ0) is 13.4. The largest absolute Gasteiger partial charge is 0.337 e. The summed E-state index contributed by atoms with van der Waals surface area (Å²) in [5, 5.41) is 3.17. The lowest BCUT2D eigenvalue weighted by molar-refractivity contribution is 0.0936. The molecule has 3 N–H and O–H groups in total. The van der Waals surface area contributed by atoms with E-state index < -0.39 is 11.9 Å². The zero-order valence-corrected chi connectivity index (χ0v) is 10.9. The number of amides is 3. The van der Waals surface area contributed by atoms with Gasteiger partial charge < -0.3 is 5.32 Å². The van der Waals surface area contributed by atoms with Crippen LogP contribution in [-0.2, 0) is 0 Å². The maximum atomic E-state index is 11.6. The maximum absolute atomic E-state index is 11.6. The minimum absolute atomic E-state index is 0.391. The number of urea groups is 1. The van der Waals surface area contributed by atoms with Crippen LogP contribution in [0.25, 0.3) is 0 Å². The van der Waals surface area contributed by atoms with Crippen molar-refractivity contribution in [2.45, 2.75) is 19.8 Å². The van der Waals surface area contributed by atoms with Crippen LogP contribution in [0.5, 0.6) is 0 Å². The van der Waals surface area contributed by atoms with Crippen LogP contribution in [-0.4, -0.2) is 18.5 Å². The zero-order valence-electron chi connectivity index (χ0n) is 10.1. The topological polar surface area (TPSA) is 70.2 Å². The Labute approximate surface area is 111 Å². The molecule has 0 fully saturated rings.